The number of morpholine rings is 1. The van der Waals surface area contributed by atoms with E-state index in [0.29, 0.717) is 19.6 Å². The van der Waals surface area contributed by atoms with Gasteiger partial charge in [-0.3, -0.25) is 4.79 Å². The van der Waals surface area contributed by atoms with Gasteiger partial charge in [0.05, 0.1) is 19.1 Å². The molecule has 5 heteroatoms. The Morgan fingerprint density at radius 2 is 2.42 bits per heavy atom. The van der Waals surface area contributed by atoms with E-state index >= 15 is 0 Å². The number of phenols is 1. The van der Waals surface area contributed by atoms with Crippen LogP contribution >= 0.6 is 0 Å². The van der Waals surface area contributed by atoms with Crippen molar-refractivity contribution in [1.29, 1.82) is 0 Å². The summed E-state index contributed by atoms with van der Waals surface area (Å²) in [7, 11) is 1.77. The third-order valence-electron chi connectivity index (χ3n) is 3.16. The van der Waals surface area contributed by atoms with Crippen molar-refractivity contribution in [3.8, 4) is 5.75 Å². The van der Waals surface area contributed by atoms with Crippen molar-refractivity contribution in [3.63, 3.8) is 0 Å². The second-order valence-electron chi connectivity index (χ2n) is 4.82. The molecule has 1 fully saturated rings. The Morgan fingerprint density at radius 3 is 3.11 bits per heavy atom. The molecule has 1 saturated heterocycles. The van der Waals surface area contributed by atoms with E-state index < -0.39 is 0 Å². The number of ether oxygens (including phenoxy) is 1. The van der Waals surface area contributed by atoms with Crippen LogP contribution in [0.1, 0.15) is 12.0 Å². The fourth-order valence-electron chi connectivity index (χ4n) is 2.12. The molecule has 1 unspecified atom stereocenters. The fourth-order valence-corrected chi connectivity index (χ4v) is 2.12. The minimum absolute atomic E-state index is 0.0344. The molecule has 1 atom stereocenters. The molecule has 0 spiro atoms. The monoisotopic (exact) mass is 264 g/mol. The Labute approximate surface area is 113 Å². The predicted octanol–water partition coefficient (Wildman–Crippen LogP) is 0.729. The van der Waals surface area contributed by atoms with Crippen molar-refractivity contribution in [1.82, 2.24) is 10.2 Å². The molecule has 1 aromatic rings. The topological polar surface area (TPSA) is 61.8 Å². The van der Waals surface area contributed by atoms with Crippen molar-refractivity contribution >= 4 is 5.91 Å². The van der Waals surface area contributed by atoms with E-state index in [0.717, 1.165) is 18.7 Å². The van der Waals surface area contributed by atoms with Gasteiger partial charge in [-0.2, -0.15) is 0 Å². The Kier molecular flexibility index (Phi) is 4.76. The zero-order valence-electron chi connectivity index (χ0n) is 11.1. The highest BCUT2D eigenvalue weighted by molar-refractivity contribution is 5.76. The Balaban J connectivity index is 1.84. The molecule has 2 N–H and O–H groups in total. The van der Waals surface area contributed by atoms with Gasteiger partial charge in [-0.25, -0.2) is 0 Å². The molecule has 1 aliphatic rings. The van der Waals surface area contributed by atoms with E-state index in [1.807, 2.05) is 6.07 Å². The van der Waals surface area contributed by atoms with Crippen LogP contribution in [0.15, 0.2) is 24.3 Å². The van der Waals surface area contributed by atoms with Gasteiger partial charge in [0.25, 0.3) is 0 Å². The number of hydrogen-bond acceptors (Lipinski definition) is 4. The molecule has 0 bridgehead atoms. The van der Waals surface area contributed by atoms with Crippen LogP contribution in [0.3, 0.4) is 0 Å². The molecule has 0 aliphatic carbocycles. The van der Waals surface area contributed by atoms with Crippen molar-refractivity contribution in [2.24, 2.45) is 0 Å². The van der Waals surface area contributed by atoms with Gasteiger partial charge in [-0.15, -0.1) is 0 Å². The third-order valence-corrected chi connectivity index (χ3v) is 3.16. The molecule has 1 aliphatic heterocycles. The normalized spacial score (nSPS) is 19.1. The molecule has 5 nitrogen and oxygen atoms in total. The number of benzene rings is 1. The summed E-state index contributed by atoms with van der Waals surface area (Å²) in [6.45, 7) is 2.73. The number of phenolic OH excluding ortho intramolecular Hbond substituents is 1. The van der Waals surface area contributed by atoms with Gasteiger partial charge in [0.1, 0.15) is 5.75 Å². The van der Waals surface area contributed by atoms with Crippen molar-refractivity contribution in [2.45, 2.75) is 19.1 Å². The van der Waals surface area contributed by atoms with E-state index in [4.69, 9.17) is 4.74 Å². The summed E-state index contributed by atoms with van der Waals surface area (Å²) in [5.41, 5.74) is 0.915. The Morgan fingerprint density at radius 1 is 1.58 bits per heavy atom. The summed E-state index contributed by atoms with van der Waals surface area (Å²) < 4.78 is 5.52. The molecule has 1 heterocycles. The summed E-state index contributed by atoms with van der Waals surface area (Å²) in [5, 5.41) is 12.6. The first kappa shape index (κ1) is 13.8. The largest absolute Gasteiger partial charge is 0.508 e. The molecule has 0 aromatic heterocycles. The SMILES string of the molecule is CN(Cc1cccc(O)c1)C(=O)CC1CNCCO1. The van der Waals surface area contributed by atoms with E-state index in [9.17, 15) is 9.90 Å². The van der Waals surface area contributed by atoms with Crippen LogP contribution in [0.4, 0.5) is 0 Å². The van der Waals surface area contributed by atoms with E-state index in [-0.39, 0.29) is 17.8 Å². The lowest BCUT2D eigenvalue weighted by Crippen LogP contribution is -2.41. The summed E-state index contributed by atoms with van der Waals surface area (Å²) >= 11 is 0. The lowest BCUT2D eigenvalue weighted by Gasteiger charge is -2.25. The van der Waals surface area contributed by atoms with E-state index in [1.165, 1.54) is 0 Å². The average molecular weight is 264 g/mol. The van der Waals surface area contributed by atoms with Crippen LogP contribution in [0.5, 0.6) is 5.75 Å². The molecular formula is C14H20N2O3. The molecular weight excluding hydrogens is 244 g/mol. The maximum Gasteiger partial charge on any atom is 0.225 e. The van der Waals surface area contributed by atoms with Gasteiger partial charge in [0.2, 0.25) is 5.91 Å². The molecule has 0 radical (unpaired) electrons. The number of carbonyl (C=O) groups is 1. The maximum absolute atomic E-state index is 12.1. The third kappa shape index (κ3) is 4.22. The van der Waals surface area contributed by atoms with E-state index in [1.54, 1.807) is 30.1 Å². The fraction of sp³-hybridized carbons (Fsp3) is 0.500. The standard InChI is InChI=1S/C14H20N2O3/c1-16(10-11-3-2-4-12(17)7-11)14(18)8-13-9-15-5-6-19-13/h2-4,7,13,15,17H,5-6,8-10H2,1H3. The van der Waals surface area contributed by atoms with Gasteiger partial charge in [-0.1, -0.05) is 12.1 Å². The maximum atomic E-state index is 12.1. The zero-order chi connectivity index (χ0) is 13.7. The Hall–Kier alpha value is -1.59. The second kappa shape index (κ2) is 6.54. The average Bonchev–Trinajstić information content (AvgIpc) is 2.40. The highest BCUT2D eigenvalue weighted by Crippen LogP contribution is 2.13. The number of nitrogens with one attached hydrogen (secondary N) is 1. The molecule has 19 heavy (non-hydrogen) atoms. The van der Waals surface area contributed by atoms with Crippen LogP contribution in [0, 0.1) is 0 Å². The van der Waals surface area contributed by atoms with Gasteiger partial charge >= 0.3 is 0 Å². The van der Waals surface area contributed by atoms with Crippen molar-refractivity contribution in [2.75, 3.05) is 26.7 Å². The summed E-state index contributed by atoms with van der Waals surface area (Å²) in [5.74, 6) is 0.273. The number of hydrogen-bond donors (Lipinski definition) is 2. The summed E-state index contributed by atoms with van der Waals surface area (Å²) in [4.78, 5) is 13.7. The number of nitrogens with zero attached hydrogens (tertiary/aromatic N) is 1. The number of amides is 1. The van der Waals surface area contributed by atoms with Crippen LogP contribution in [0.25, 0.3) is 0 Å². The first-order chi connectivity index (χ1) is 9.15. The molecule has 2 rings (SSSR count). The van der Waals surface area contributed by atoms with Crippen LogP contribution in [0.2, 0.25) is 0 Å². The minimum Gasteiger partial charge on any atom is -0.508 e. The zero-order valence-corrected chi connectivity index (χ0v) is 11.1. The number of rotatable bonds is 4. The number of carbonyl (C=O) groups excluding carboxylic acids is 1. The van der Waals surface area contributed by atoms with Crippen LogP contribution in [-0.4, -0.2) is 48.8 Å². The molecule has 1 aromatic carbocycles. The summed E-state index contributed by atoms with van der Waals surface area (Å²) in [6.07, 6.45) is 0.357. The van der Waals surface area contributed by atoms with Gasteiger partial charge in [-0.05, 0) is 17.7 Å². The summed E-state index contributed by atoms with van der Waals surface area (Å²) in [6, 6.07) is 6.95. The predicted molar refractivity (Wildman–Crippen MR) is 71.8 cm³/mol. The highest BCUT2D eigenvalue weighted by Gasteiger charge is 2.19. The molecule has 0 saturated carbocycles. The lowest BCUT2D eigenvalue weighted by atomic mass is 10.1. The van der Waals surface area contributed by atoms with Gasteiger partial charge < -0.3 is 20.1 Å². The quantitative estimate of drug-likeness (QED) is 0.841. The van der Waals surface area contributed by atoms with Crippen molar-refractivity contribution in [3.05, 3.63) is 29.8 Å². The second-order valence-corrected chi connectivity index (χ2v) is 4.82. The van der Waals surface area contributed by atoms with E-state index in [2.05, 4.69) is 5.32 Å². The minimum atomic E-state index is -0.0344. The molecule has 1 amide bonds. The first-order valence-corrected chi connectivity index (χ1v) is 6.49. The van der Waals surface area contributed by atoms with Crippen LogP contribution < -0.4 is 5.32 Å². The van der Waals surface area contributed by atoms with Crippen molar-refractivity contribution < 1.29 is 14.6 Å². The number of aromatic hydroxyl groups is 1. The first-order valence-electron chi connectivity index (χ1n) is 6.49. The Bertz CT molecular complexity index is 430. The van der Waals surface area contributed by atoms with Gasteiger partial charge in [0, 0.05) is 26.7 Å². The highest BCUT2D eigenvalue weighted by atomic mass is 16.5. The van der Waals surface area contributed by atoms with Gasteiger partial charge in [0.15, 0.2) is 0 Å². The lowest BCUT2D eigenvalue weighted by molar-refractivity contribution is -0.133. The molecule has 104 valence electrons. The smallest absolute Gasteiger partial charge is 0.225 e. The van der Waals surface area contributed by atoms with Crippen LogP contribution in [-0.2, 0) is 16.1 Å².